The van der Waals surface area contributed by atoms with Gasteiger partial charge >= 0.3 is 5.97 Å². The van der Waals surface area contributed by atoms with Crippen LogP contribution in [0.25, 0.3) is 10.4 Å². The average Bonchev–Trinajstić information content (AvgIpc) is 2.66. The van der Waals surface area contributed by atoms with Gasteiger partial charge in [0.15, 0.2) is 0 Å². The summed E-state index contributed by atoms with van der Waals surface area (Å²) in [5.41, 5.74) is 1.90. The summed E-state index contributed by atoms with van der Waals surface area (Å²) in [6, 6.07) is 9.42. The first-order valence-corrected chi connectivity index (χ1v) is 5.96. The van der Waals surface area contributed by atoms with Crippen LogP contribution in [0.5, 0.6) is 0 Å². The molecule has 0 bridgehead atoms. The van der Waals surface area contributed by atoms with E-state index >= 15 is 0 Å². The van der Waals surface area contributed by atoms with Crippen LogP contribution < -0.4 is 0 Å². The number of thiophene rings is 1. The number of benzene rings is 1. The van der Waals surface area contributed by atoms with Crippen LogP contribution in [0.2, 0.25) is 5.02 Å². The Bertz CT molecular complexity index is 502. The summed E-state index contributed by atoms with van der Waals surface area (Å²) in [4.78, 5) is 11.6. The molecule has 1 heterocycles. The number of carboxylic acids is 1. The van der Waals surface area contributed by atoms with Crippen molar-refractivity contribution >= 4 is 28.9 Å². The van der Waals surface area contributed by atoms with E-state index in [0.717, 1.165) is 16.0 Å². The van der Waals surface area contributed by atoms with Gasteiger partial charge in [-0.25, -0.2) is 0 Å². The number of hydrogen-bond acceptors (Lipinski definition) is 2. The lowest BCUT2D eigenvalue weighted by Crippen LogP contribution is -1.97. The van der Waals surface area contributed by atoms with Crippen molar-refractivity contribution in [1.82, 2.24) is 0 Å². The van der Waals surface area contributed by atoms with Gasteiger partial charge in [0.1, 0.15) is 0 Å². The Labute approximate surface area is 102 Å². The van der Waals surface area contributed by atoms with E-state index in [-0.39, 0.29) is 6.42 Å². The van der Waals surface area contributed by atoms with Crippen LogP contribution in [0, 0.1) is 0 Å². The quantitative estimate of drug-likeness (QED) is 0.905. The minimum atomic E-state index is -0.805. The van der Waals surface area contributed by atoms with Gasteiger partial charge < -0.3 is 5.11 Å². The summed E-state index contributed by atoms with van der Waals surface area (Å²) in [6.45, 7) is 0. The Morgan fingerprint density at radius 1 is 1.31 bits per heavy atom. The second kappa shape index (κ2) is 4.68. The minimum absolute atomic E-state index is 0.0735. The highest BCUT2D eigenvalue weighted by molar-refractivity contribution is 7.13. The van der Waals surface area contributed by atoms with Gasteiger partial charge in [0, 0.05) is 9.90 Å². The zero-order chi connectivity index (χ0) is 11.5. The first-order valence-electron chi connectivity index (χ1n) is 4.70. The first-order chi connectivity index (χ1) is 7.65. The number of halogens is 1. The van der Waals surface area contributed by atoms with E-state index in [1.165, 1.54) is 0 Å². The van der Waals surface area contributed by atoms with Crippen LogP contribution in [0.3, 0.4) is 0 Å². The maximum absolute atomic E-state index is 10.5. The molecule has 0 unspecified atom stereocenters. The Kier molecular flexibility index (Phi) is 3.27. The van der Waals surface area contributed by atoms with Crippen LogP contribution in [0.15, 0.2) is 35.7 Å². The number of carbonyl (C=O) groups is 1. The van der Waals surface area contributed by atoms with Gasteiger partial charge in [0.2, 0.25) is 0 Å². The lowest BCUT2D eigenvalue weighted by Gasteiger charge is -1.96. The third-order valence-corrected chi connectivity index (χ3v) is 3.42. The molecule has 0 atom stereocenters. The average molecular weight is 253 g/mol. The number of aliphatic carboxylic acids is 1. The fourth-order valence-corrected chi connectivity index (χ4v) is 2.46. The summed E-state index contributed by atoms with van der Waals surface area (Å²) >= 11 is 7.34. The molecule has 1 aromatic heterocycles. The van der Waals surface area contributed by atoms with Crippen molar-refractivity contribution in [1.29, 1.82) is 0 Å². The molecule has 0 radical (unpaired) electrons. The van der Waals surface area contributed by atoms with Gasteiger partial charge in [-0.05, 0) is 34.7 Å². The van der Waals surface area contributed by atoms with Gasteiger partial charge in [0.05, 0.1) is 6.42 Å². The Morgan fingerprint density at radius 2 is 2.00 bits per heavy atom. The van der Waals surface area contributed by atoms with Crippen LogP contribution in [0.1, 0.15) is 5.56 Å². The summed E-state index contributed by atoms with van der Waals surface area (Å²) in [5.74, 6) is -0.805. The van der Waals surface area contributed by atoms with Crippen LogP contribution >= 0.6 is 22.9 Å². The molecule has 0 saturated heterocycles. The molecule has 4 heteroatoms. The van der Waals surface area contributed by atoms with E-state index < -0.39 is 5.97 Å². The van der Waals surface area contributed by atoms with Crippen molar-refractivity contribution < 1.29 is 9.90 Å². The van der Waals surface area contributed by atoms with Gasteiger partial charge in [0.25, 0.3) is 0 Å². The Balaban J connectivity index is 2.24. The molecule has 1 N–H and O–H groups in total. The molecule has 82 valence electrons. The SMILES string of the molecule is O=C(O)Cc1csc(-c2ccc(Cl)cc2)c1. The third kappa shape index (κ3) is 2.62. The summed E-state index contributed by atoms with van der Waals surface area (Å²) in [6.07, 6.45) is 0.0735. The fraction of sp³-hybridized carbons (Fsp3) is 0.0833. The number of rotatable bonds is 3. The van der Waals surface area contributed by atoms with E-state index in [9.17, 15) is 4.79 Å². The Hall–Kier alpha value is -1.32. The van der Waals surface area contributed by atoms with Gasteiger partial charge in [-0.15, -0.1) is 11.3 Å². The lowest BCUT2D eigenvalue weighted by molar-refractivity contribution is -0.136. The van der Waals surface area contributed by atoms with Crippen molar-refractivity contribution in [3.8, 4) is 10.4 Å². The van der Waals surface area contributed by atoms with Crippen LogP contribution in [-0.4, -0.2) is 11.1 Å². The molecule has 2 nitrogen and oxygen atoms in total. The lowest BCUT2D eigenvalue weighted by atomic mass is 10.1. The molecule has 2 aromatic rings. The Morgan fingerprint density at radius 3 is 2.62 bits per heavy atom. The number of hydrogen-bond donors (Lipinski definition) is 1. The number of carboxylic acid groups (broad SMARTS) is 1. The third-order valence-electron chi connectivity index (χ3n) is 2.14. The minimum Gasteiger partial charge on any atom is -0.481 e. The van der Waals surface area contributed by atoms with Crippen LogP contribution in [0.4, 0.5) is 0 Å². The van der Waals surface area contributed by atoms with Crippen molar-refractivity contribution in [3.63, 3.8) is 0 Å². The van der Waals surface area contributed by atoms with Crippen molar-refractivity contribution in [2.24, 2.45) is 0 Å². The summed E-state index contributed by atoms with van der Waals surface area (Å²) in [7, 11) is 0. The van der Waals surface area contributed by atoms with Crippen molar-refractivity contribution in [2.75, 3.05) is 0 Å². The van der Waals surface area contributed by atoms with E-state index in [0.29, 0.717) is 5.02 Å². The predicted octanol–water partition coefficient (Wildman–Crippen LogP) is 3.70. The highest BCUT2D eigenvalue weighted by Gasteiger charge is 2.05. The maximum atomic E-state index is 10.5. The summed E-state index contributed by atoms with van der Waals surface area (Å²) in [5, 5.41) is 11.2. The molecule has 0 saturated carbocycles. The molecule has 16 heavy (non-hydrogen) atoms. The largest absolute Gasteiger partial charge is 0.481 e. The normalized spacial score (nSPS) is 10.3. The molecule has 0 fully saturated rings. The maximum Gasteiger partial charge on any atom is 0.307 e. The molecule has 0 aliphatic carbocycles. The van der Waals surface area contributed by atoms with Gasteiger partial charge in [-0.1, -0.05) is 23.7 Å². The van der Waals surface area contributed by atoms with E-state index in [4.69, 9.17) is 16.7 Å². The molecular formula is C12H9ClO2S. The van der Waals surface area contributed by atoms with E-state index in [1.54, 1.807) is 11.3 Å². The fourth-order valence-electron chi connectivity index (χ4n) is 1.41. The highest BCUT2D eigenvalue weighted by Crippen LogP contribution is 2.28. The first kappa shape index (κ1) is 11.2. The standard InChI is InChI=1S/C12H9ClO2S/c13-10-3-1-9(2-4-10)11-5-8(7-16-11)6-12(14)15/h1-5,7H,6H2,(H,14,15). The van der Waals surface area contributed by atoms with E-state index in [1.807, 2.05) is 35.7 Å². The van der Waals surface area contributed by atoms with E-state index in [2.05, 4.69) is 0 Å². The summed E-state index contributed by atoms with van der Waals surface area (Å²) < 4.78 is 0. The smallest absolute Gasteiger partial charge is 0.307 e. The molecule has 0 amide bonds. The highest BCUT2D eigenvalue weighted by atomic mass is 35.5. The molecular weight excluding hydrogens is 244 g/mol. The van der Waals surface area contributed by atoms with Crippen molar-refractivity contribution in [3.05, 3.63) is 46.3 Å². The second-order valence-electron chi connectivity index (χ2n) is 3.40. The molecule has 0 aliphatic rings. The molecule has 2 rings (SSSR count). The zero-order valence-corrected chi connectivity index (χ0v) is 9.89. The zero-order valence-electron chi connectivity index (χ0n) is 8.31. The molecule has 1 aromatic carbocycles. The second-order valence-corrected chi connectivity index (χ2v) is 4.74. The monoisotopic (exact) mass is 252 g/mol. The molecule has 0 spiro atoms. The van der Waals surface area contributed by atoms with Gasteiger partial charge in [-0.2, -0.15) is 0 Å². The van der Waals surface area contributed by atoms with Crippen LogP contribution in [-0.2, 0) is 11.2 Å². The molecule has 0 aliphatic heterocycles. The van der Waals surface area contributed by atoms with Gasteiger partial charge in [-0.3, -0.25) is 4.79 Å². The van der Waals surface area contributed by atoms with Crippen molar-refractivity contribution in [2.45, 2.75) is 6.42 Å². The predicted molar refractivity (Wildman–Crippen MR) is 66.1 cm³/mol. The topological polar surface area (TPSA) is 37.3 Å².